The zero-order valence-electron chi connectivity index (χ0n) is 11.1. The second kappa shape index (κ2) is 8.10. The molecule has 0 aliphatic carbocycles. The molecule has 0 saturated carbocycles. The second-order valence-electron chi connectivity index (χ2n) is 3.91. The summed E-state index contributed by atoms with van der Waals surface area (Å²) < 4.78 is 5.46. The summed E-state index contributed by atoms with van der Waals surface area (Å²) >= 11 is 0. The van der Waals surface area contributed by atoms with E-state index in [-0.39, 0.29) is 5.91 Å². The van der Waals surface area contributed by atoms with Gasteiger partial charge >= 0.3 is 6.03 Å². The van der Waals surface area contributed by atoms with Crippen LogP contribution in [0.3, 0.4) is 0 Å². The van der Waals surface area contributed by atoms with Crippen molar-refractivity contribution in [1.82, 2.24) is 16.0 Å². The van der Waals surface area contributed by atoms with Crippen molar-refractivity contribution in [2.24, 2.45) is 0 Å². The summed E-state index contributed by atoms with van der Waals surface area (Å²) in [6.07, 6.45) is 0. The van der Waals surface area contributed by atoms with Crippen LogP contribution in [0, 0.1) is 0 Å². The lowest BCUT2D eigenvalue weighted by Crippen LogP contribution is -2.48. The van der Waals surface area contributed by atoms with Crippen LogP contribution < -0.4 is 20.7 Å². The highest BCUT2D eigenvalue weighted by Crippen LogP contribution is 2.07. The quantitative estimate of drug-likeness (QED) is 0.654. The van der Waals surface area contributed by atoms with E-state index in [1.54, 1.807) is 6.92 Å². The van der Waals surface area contributed by atoms with E-state index >= 15 is 0 Å². The van der Waals surface area contributed by atoms with Gasteiger partial charge in [0.2, 0.25) is 5.91 Å². The molecule has 1 unspecified atom stereocenters. The lowest BCUT2D eigenvalue weighted by atomic mass is 10.3. The van der Waals surface area contributed by atoms with Crippen molar-refractivity contribution in [3.63, 3.8) is 0 Å². The predicted molar refractivity (Wildman–Crippen MR) is 72.0 cm³/mol. The van der Waals surface area contributed by atoms with Crippen LogP contribution >= 0.6 is 0 Å². The molecule has 6 heteroatoms. The maximum atomic E-state index is 11.5. The molecule has 0 spiro atoms. The summed E-state index contributed by atoms with van der Waals surface area (Å²) in [5.74, 6) is 0.408. The topological polar surface area (TPSA) is 79.5 Å². The lowest BCUT2D eigenvalue weighted by Gasteiger charge is -2.13. The van der Waals surface area contributed by atoms with Gasteiger partial charge in [0.1, 0.15) is 12.4 Å². The van der Waals surface area contributed by atoms with Crippen LogP contribution in [0.25, 0.3) is 0 Å². The molecule has 0 heterocycles. The van der Waals surface area contributed by atoms with Gasteiger partial charge in [0.15, 0.2) is 0 Å². The number of rotatable bonds is 6. The standard InChI is InChI=1S/C13H19N3O3/c1-10(12(17)16-13(18)14-2)15-8-9-19-11-6-4-3-5-7-11/h3-7,10,15H,8-9H2,1-2H3,(H2,14,16,17,18). The number of carbonyl (C=O) groups is 2. The van der Waals surface area contributed by atoms with Crippen LogP contribution in [0.5, 0.6) is 5.75 Å². The van der Waals surface area contributed by atoms with E-state index in [0.29, 0.717) is 13.2 Å². The van der Waals surface area contributed by atoms with Gasteiger partial charge in [-0.25, -0.2) is 4.79 Å². The molecule has 1 atom stereocenters. The zero-order valence-corrected chi connectivity index (χ0v) is 11.1. The maximum absolute atomic E-state index is 11.5. The largest absolute Gasteiger partial charge is 0.492 e. The van der Waals surface area contributed by atoms with Crippen molar-refractivity contribution in [3.05, 3.63) is 30.3 Å². The summed E-state index contributed by atoms with van der Waals surface area (Å²) in [5, 5.41) is 7.48. The second-order valence-corrected chi connectivity index (χ2v) is 3.91. The van der Waals surface area contributed by atoms with Gasteiger partial charge in [-0.15, -0.1) is 0 Å². The lowest BCUT2D eigenvalue weighted by molar-refractivity contribution is -0.121. The van der Waals surface area contributed by atoms with Crippen molar-refractivity contribution in [2.45, 2.75) is 13.0 Å². The fourth-order valence-corrected chi connectivity index (χ4v) is 1.34. The Hall–Kier alpha value is -2.08. The number of imide groups is 1. The molecule has 1 rings (SSSR count). The summed E-state index contributed by atoms with van der Waals surface area (Å²) in [6, 6.07) is 8.44. The van der Waals surface area contributed by atoms with Crippen LogP contribution in [0.2, 0.25) is 0 Å². The number of hydrogen-bond donors (Lipinski definition) is 3. The molecule has 0 radical (unpaired) electrons. The first-order valence-electron chi connectivity index (χ1n) is 6.07. The van der Waals surface area contributed by atoms with Crippen LogP contribution in [0.1, 0.15) is 6.92 Å². The van der Waals surface area contributed by atoms with Gasteiger partial charge < -0.3 is 15.4 Å². The number of benzene rings is 1. The van der Waals surface area contributed by atoms with Crippen LogP contribution in [0.15, 0.2) is 30.3 Å². The third-order valence-corrected chi connectivity index (χ3v) is 2.42. The highest BCUT2D eigenvalue weighted by molar-refractivity contribution is 5.96. The van der Waals surface area contributed by atoms with Crippen LogP contribution in [0.4, 0.5) is 4.79 Å². The van der Waals surface area contributed by atoms with Gasteiger partial charge in [0.05, 0.1) is 6.04 Å². The molecule has 0 fully saturated rings. The van der Waals surface area contributed by atoms with E-state index < -0.39 is 12.1 Å². The Balaban J connectivity index is 2.18. The SMILES string of the molecule is CNC(=O)NC(=O)C(C)NCCOc1ccccc1. The van der Waals surface area contributed by atoms with Crippen molar-refractivity contribution in [1.29, 1.82) is 0 Å². The number of amides is 3. The molecule has 0 saturated heterocycles. The molecular formula is C13H19N3O3. The van der Waals surface area contributed by atoms with Crippen molar-refractivity contribution in [2.75, 3.05) is 20.2 Å². The number of nitrogens with one attached hydrogen (secondary N) is 3. The molecule has 6 nitrogen and oxygen atoms in total. The molecular weight excluding hydrogens is 246 g/mol. The number of hydrogen-bond acceptors (Lipinski definition) is 4. The number of ether oxygens (including phenoxy) is 1. The van der Waals surface area contributed by atoms with Crippen LogP contribution in [-0.2, 0) is 4.79 Å². The van der Waals surface area contributed by atoms with E-state index in [4.69, 9.17) is 4.74 Å². The average molecular weight is 265 g/mol. The molecule has 0 aromatic heterocycles. The Kier molecular flexibility index (Phi) is 6.38. The molecule has 1 aromatic carbocycles. The van der Waals surface area contributed by atoms with Gasteiger partial charge in [-0.3, -0.25) is 10.1 Å². The fraction of sp³-hybridized carbons (Fsp3) is 0.385. The molecule has 104 valence electrons. The smallest absolute Gasteiger partial charge is 0.321 e. The van der Waals surface area contributed by atoms with E-state index in [1.165, 1.54) is 7.05 Å². The minimum Gasteiger partial charge on any atom is -0.492 e. The third kappa shape index (κ3) is 5.87. The average Bonchev–Trinajstić information content (AvgIpc) is 2.44. The van der Waals surface area contributed by atoms with E-state index in [2.05, 4.69) is 16.0 Å². The summed E-state index contributed by atoms with van der Waals surface area (Å²) in [7, 11) is 1.45. The minimum absolute atomic E-state index is 0.376. The Labute approximate surface area is 112 Å². The number of para-hydroxylation sites is 1. The highest BCUT2D eigenvalue weighted by Gasteiger charge is 2.13. The van der Waals surface area contributed by atoms with E-state index in [1.807, 2.05) is 30.3 Å². The van der Waals surface area contributed by atoms with Gasteiger partial charge in [-0.2, -0.15) is 0 Å². The van der Waals surface area contributed by atoms with Gasteiger partial charge in [0.25, 0.3) is 0 Å². The summed E-state index contributed by atoms with van der Waals surface area (Å²) in [4.78, 5) is 22.4. The first-order valence-corrected chi connectivity index (χ1v) is 6.07. The molecule has 0 aliphatic heterocycles. The first kappa shape index (κ1) is 15.0. The molecule has 1 aromatic rings. The number of urea groups is 1. The Bertz CT molecular complexity index is 409. The van der Waals surface area contributed by atoms with Crippen molar-refractivity contribution in [3.8, 4) is 5.75 Å². The Morgan fingerprint density at radius 1 is 1.26 bits per heavy atom. The normalized spacial score (nSPS) is 11.5. The van der Waals surface area contributed by atoms with E-state index in [9.17, 15) is 9.59 Å². The summed E-state index contributed by atoms with van der Waals surface area (Å²) in [6.45, 7) is 2.64. The fourth-order valence-electron chi connectivity index (χ4n) is 1.34. The highest BCUT2D eigenvalue weighted by atomic mass is 16.5. The molecule has 19 heavy (non-hydrogen) atoms. The minimum atomic E-state index is -0.515. The monoisotopic (exact) mass is 265 g/mol. The van der Waals surface area contributed by atoms with Gasteiger partial charge in [-0.05, 0) is 19.1 Å². The molecule has 0 aliphatic rings. The molecule has 0 bridgehead atoms. The van der Waals surface area contributed by atoms with Crippen molar-refractivity contribution >= 4 is 11.9 Å². The Morgan fingerprint density at radius 3 is 2.58 bits per heavy atom. The third-order valence-electron chi connectivity index (χ3n) is 2.42. The first-order chi connectivity index (χ1) is 9.13. The van der Waals surface area contributed by atoms with Crippen molar-refractivity contribution < 1.29 is 14.3 Å². The maximum Gasteiger partial charge on any atom is 0.321 e. The Morgan fingerprint density at radius 2 is 1.95 bits per heavy atom. The molecule has 3 N–H and O–H groups in total. The summed E-state index contributed by atoms with van der Waals surface area (Å²) in [5.41, 5.74) is 0. The predicted octanol–water partition coefficient (Wildman–Crippen LogP) is 0.499. The molecule has 3 amide bonds. The van der Waals surface area contributed by atoms with Gasteiger partial charge in [-0.1, -0.05) is 18.2 Å². The number of carbonyl (C=O) groups excluding carboxylic acids is 2. The zero-order chi connectivity index (χ0) is 14.1. The van der Waals surface area contributed by atoms with Gasteiger partial charge in [0, 0.05) is 13.6 Å². The van der Waals surface area contributed by atoms with E-state index in [0.717, 1.165) is 5.75 Å². The van der Waals surface area contributed by atoms with Crippen LogP contribution in [-0.4, -0.2) is 38.2 Å².